The van der Waals surface area contributed by atoms with E-state index >= 15 is 0 Å². The highest BCUT2D eigenvalue weighted by Gasteiger charge is 2.65. The maximum atomic E-state index is 7.01. The van der Waals surface area contributed by atoms with Gasteiger partial charge in [0.1, 0.15) is 5.60 Å². The number of fused-ring (bicyclic) bond motifs is 5. The van der Waals surface area contributed by atoms with Crippen LogP contribution < -0.4 is 0 Å². The van der Waals surface area contributed by atoms with Crippen molar-refractivity contribution in [3.63, 3.8) is 0 Å². The lowest BCUT2D eigenvalue weighted by atomic mass is 9.85. The Bertz CT molecular complexity index is 898. The van der Waals surface area contributed by atoms with Crippen LogP contribution in [0.25, 0.3) is 0 Å². The molecule has 3 heteroatoms. The molecule has 3 atom stereocenters. The van der Waals surface area contributed by atoms with Gasteiger partial charge in [-0.25, -0.2) is 0 Å². The van der Waals surface area contributed by atoms with E-state index in [1.165, 1.54) is 16.7 Å². The zero-order valence-electron chi connectivity index (χ0n) is 13.0. The lowest BCUT2D eigenvalue weighted by Gasteiger charge is -2.31. The van der Waals surface area contributed by atoms with Gasteiger partial charge in [-0.3, -0.25) is 0 Å². The Hall–Kier alpha value is -1.66. The van der Waals surface area contributed by atoms with Gasteiger partial charge in [-0.15, -0.1) is 0 Å². The van der Waals surface area contributed by atoms with E-state index in [0.29, 0.717) is 0 Å². The van der Waals surface area contributed by atoms with E-state index in [4.69, 9.17) is 16.0 Å². The van der Waals surface area contributed by atoms with Crippen molar-refractivity contribution in [2.75, 3.05) is 6.16 Å². The smallest absolute Gasteiger partial charge is 0.153 e. The molecule has 3 aromatic rings. The van der Waals surface area contributed by atoms with Crippen molar-refractivity contribution >= 4 is 18.5 Å². The number of ether oxygens (including phenoxy) is 1. The molecule has 2 aliphatic heterocycles. The quantitative estimate of drug-likeness (QED) is 0.530. The summed E-state index contributed by atoms with van der Waals surface area (Å²) in [6.45, 7) is 0. The van der Waals surface area contributed by atoms with Gasteiger partial charge in [0.15, 0.2) is 5.34 Å². The third-order valence-electron chi connectivity index (χ3n) is 5.16. The van der Waals surface area contributed by atoms with Gasteiger partial charge >= 0.3 is 0 Å². The Morgan fingerprint density at radius 2 is 1.25 bits per heavy atom. The molecule has 2 bridgehead atoms. The van der Waals surface area contributed by atoms with Crippen molar-refractivity contribution in [2.45, 2.75) is 10.9 Å². The summed E-state index contributed by atoms with van der Waals surface area (Å²) in [5, 5.41) is -0.509. The van der Waals surface area contributed by atoms with Crippen LogP contribution in [-0.2, 0) is 15.7 Å². The van der Waals surface area contributed by atoms with Crippen LogP contribution in [-0.4, -0.2) is 6.16 Å². The summed E-state index contributed by atoms with van der Waals surface area (Å²) in [6, 6.07) is 29.5. The fourth-order valence-corrected chi connectivity index (χ4v) is 7.48. The highest BCUT2D eigenvalue weighted by Crippen LogP contribution is 2.78. The number of hydrogen-bond acceptors (Lipinski definition) is 1. The van der Waals surface area contributed by atoms with E-state index in [1.807, 2.05) is 12.1 Å². The standard InChI is InChI=1S/C21H16ClOP/c22-24-15-20(16-9-3-1-4-10-16)18-13-7-8-14-19(18)21(24,23-20)17-11-5-2-6-12-17/h1-14H,15H2/t20-,21-,24-/m1/s1. The molecule has 0 aromatic heterocycles. The molecule has 1 saturated heterocycles. The van der Waals surface area contributed by atoms with Crippen molar-refractivity contribution in [1.82, 2.24) is 0 Å². The van der Waals surface area contributed by atoms with Crippen molar-refractivity contribution < 1.29 is 4.74 Å². The summed E-state index contributed by atoms with van der Waals surface area (Å²) in [6.07, 6.45) is 0.847. The Kier molecular flexibility index (Phi) is 3.16. The van der Waals surface area contributed by atoms with Crippen LogP contribution in [0.4, 0.5) is 0 Å². The summed E-state index contributed by atoms with van der Waals surface area (Å²) in [5.74, 6) is 0. The third-order valence-corrected chi connectivity index (χ3v) is 8.23. The molecule has 0 N–H and O–H groups in total. The summed E-state index contributed by atoms with van der Waals surface area (Å²) >= 11 is 7.01. The Morgan fingerprint density at radius 1 is 0.708 bits per heavy atom. The van der Waals surface area contributed by atoms with E-state index in [2.05, 4.69) is 72.8 Å². The molecule has 1 fully saturated rings. The zero-order chi connectivity index (χ0) is 16.2. The van der Waals surface area contributed by atoms with Crippen molar-refractivity contribution in [1.29, 1.82) is 0 Å². The largest absolute Gasteiger partial charge is 0.344 e. The van der Waals surface area contributed by atoms with Crippen LogP contribution >= 0.6 is 18.5 Å². The maximum Gasteiger partial charge on any atom is 0.153 e. The molecule has 0 amide bonds. The molecule has 24 heavy (non-hydrogen) atoms. The fourth-order valence-electron chi connectivity index (χ4n) is 4.13. The molecule has 0 saturated carbocycles. The maximum absolute atomic E-state index is 7.01. The van der Waals surface area contributed by atoms with E-state index in [-0.39, 0.29) is 0 Å². The van der Waals surface area contributed by atoms with Gasteiger partial charge in [-0.1, -0.05) is 96.2 Å². The van der Waals surface area contributed by atoms with E-state index < -0.39 is 18.2 Å². The van der Waals surface area contributed by atoms with Crippen LogP contribution in [0.2, 0.25) is 0 Å². The third kappa shape index (κ3) is 1.73. The van der Waals surface area contributed by atoms with E-state index in [0.717, 1.165) is 11.7 Å². The highest BCUT2D eigenvalue weighted by molar-refractivity contribution is 7.85. The molecular weight excluding hydrogens is 335 g/mol. The van der Waals surface area contributed by atoms with E-state index in [9.17, 15) is 0 Å². The highest BCUT2D eigenvalue weighted by atomic mass is 35.7. The molecule has 5 rings (SSSR count). The van der Waals surface area contributed by atoms with Gasteiger partial charge in [0.05, 0.1) is 0 Å². The van der Waals surface area contributed by atoms with Crippen molar-refractivity contribution in [3.8, 4) is 0 Å². The molecule has 2 aliphatic rings. The fraction of sp³-hybridized carbons (Fsp3) is 0.143. The molecule has 118 valence electrons. The van der Waals surface area contributed by atoms with Crippen LogP contribution in [0.1, 0.15) is 22.3 Å². The molecular formula is C21H16ClOP. The molecule has 1 nitrogen and oxygen atoms in total. The number of benzene rings is 3. The molecule has 0 radical (unpaired) electrons. The summed E-state index contributed by atoms with van der Waals surface area (Å²) in [4.78, 5) is 0. The van der Waals surface area contributed by atoms with Gasteiger partial charge < -0.3 is 4.74 Å². The van der Waals surface area contributed by atoms with Gasteiger partial charge in [-0.2, -0.15) is 0 Å². The minimum atomic E-state index is -0.848. The Labute approximate surface area is 147 Å². The predicted octanol–water partition coefficient (Wildman–Crippen LogP) is 5.81. The molecule has 3 aromatic carbocycles. The first-order chi connectivity index (χ1) is 11.8. The molecule has 0 spiro atoms. The van der Waals surface area contributed by atoms with Gasteiger partial charge in [0.25, 0.3) is 0 Å². The van der Waals surface area contributed by atoms with Gasteiger partial charge in [0.2, 0.25) is 0 Å². The molecule has 2 heterocycles. The summed E-state index contributed by atoms with van der Waals surface area (Å²) in [5.41, 5.74) is 4.42. The Morgan fingerprint density at radius 3 is 1.92 bits per heavy atom. The Balaban J connectivity index is 1.81. The first kappa shape index (κ1) is 14.7. The lowest BCUT2D eigenvalue weighted by molar-refractivity contribution is -0.0183. The second kappa shape index (κ2) is 5.17. The minimum Gasteiger partial charge on any atom is -0.344 e. The molecule has 0 unspecified atom stereocenters. The van der Waals surface area contributed by atoms with Gasteiger partial charge in [-0.05, 0) is 16.7 Å². The average Bonchev–Trinajstić information content (AvgIpc) is 3.14. The lowest BCUT2D eigenvalue weighted by Crippen LogP contribution is -2.27. The monoisotopic (exact) mass is 350 g/mol. The van der Waals surface area contributed by atoms with Crippen LogP contribution in [0.5, 0.6) is 0 Å². The number of rotatable bonds is 2. The number of halogens is 1. The molecule has 0 aliphatic carbocycles. The SMILES string of the molecule is Cl[P@]1C[C@]2(c3ccccc3)O[C@@]1(c1ccccc1)c1ccccc12. The minimum absolute atomic E-state index is 0.429. The van der Waals surface area contributed by atoms with Gasteiger partial charge in [0, 0.05) is 19.0 Å². The van der Waals surface area contributed by atoms with Crippen LogP contribution in [0, 0.1) is 0 Å². The van der Waals surface area contributed by atoms with Crippen molar-refractivity contribution in [2.24, 2.45) is 0 Å². The second-order valence-electron chi connectivity index (χ2n) is 6.37. The predicted molar refractivity (Wildman–Crippen MR) is 99.6 cm³/mol. The number of hydrogen-bond donors (Lipinski definition) is 0. The average molecular weight is 351 g/mol. The zero-order valence-corrected chi connectivity index (χ0v) is 14.7. The van der Waals surface area contributed by atoms with Crippen LogP contribution in [0.15, 0.2) is 84.9 Å². The topological polar surface area (TPSA) is 9.23 Å². The second-order valence-corrected chi connectivity index (χ2v) is 9.27. The first-order valence-electron chi connectivity index (χ1n) is 8.12. The normalized spacial score (nSPS) is 30.3. The van der Waals surface area contributed by atoms with Crippen LogP contribution in [0.3, 0.4) is 0 Å². The summed E-state index contributed by atoms with van der Waals surface area (Å²) < 4.78 is 6.90. The van der Waals surface area contributed by atoms with E-state index in [1.54, 1.807) is 0 Å². The first-order valence-corrected chi connectivity index (χ1v) is 10.6. The summed E-state index contributed by atoms with van der Waals surface area (Å²) in [7, 11) is -0.848. The van der Waals surface area contributed by atoms with Crippen molar-refractivity contribution in [3.05, 3.63) is 107 Å².